The minimum absolute atomic E-state index is 0.0768. The normalized spacial score (nSPS) is 27.8. The zero-order valence-electron chi connectivity index (χ0n) is 12.4. The van der Waals surface area contributed by atoms with Crippen molar-refractivity contribution >= 4 is 10.0 Å². The van der Waals surface area contributed by atoms with E-state index < -0.39 is 15.8 Å². The van der Waals surface area contributed by atoms with Crippen molar-refractivity contribution in [3.63, 3.8) is 0 Å². The van der Waals surface area contributed by atoms with Crippen molar-refractivity contribution in [2.75, 3.05) is 19.6 Å². The average molecular weight is 312 g/mol. The molecule has 0 bridgehead atoms. The maximum Gasteiger partial charge on any atom is 0.243 e. The van der Waals surface area contributed by atoms with Crippen LogP contribution in [0.5, 0.6) is 0 Å². The van der Waals surface area contributed by atoms with E-state index in [-0.39, 0.29) is 10.9 Å². The van der Waals surface area contributed by atoms with Gasteiger partial charge >= 0.3 is 0 Å². The summed E-state index contributed by atoms with van der Waals surface area (Å²) in [5.41, 5.74) is 0.595. The second-order valence-electron chi connectivity index (χ2n) is 6.12. The number of rotatable bonds is 2. The third-order valence-electron chi connectivity index (χ3n) is 4.62. The summed E-state index contributed by atoms with van der Waals surface area (Å²) >= 11 is 0. The van der Waals surface area contributed by atoms with Gasteiger partial charge < -0.3 is 0 Å². The van der Waals surface area contributed by atoms with Gasteiger partial charge in [-0.25, -0.2) is 12.8 Å². The summed E-state index contributed by atoms with van der Waals surface area (Å²) in [6.45, 7) is 5.98. The first-order valence-electron chi connectivity index (χ1n) is 7.41. The van der Waals surface area contributed by atoms with Crippen molar-refractivity contribution < 1.29 is 12.8 Å². The van der Waals surface area contributed by atoms with Crippen LogP contribution in [-0.2, 0) is 10.0 Å². The van der Waals surface area contributed by atoms with E-state index >= 15 is 0 Å². The minimum atomic E-state index is -3.64. The molecule has 0 aromatic heterocycles. The van der Waals surface area contributed by atoms with E-state index in [1.54, 1.807) is 11.2 Å². The Labute approximate surface area is 125 Å². The van der Waals surface area contributed by atoms with E-state index in [4.69, 9.17) is 0 Å². The largest absolute Gasteiger partial charge is 0.297 e. The second-order valence-corrected chi connectivity index (χ2v) is 7.98. The highest BCUT2D eigenvalue weighted by molar-refractivity contribution is 7.89. The van der Waals surface area contributed by atoms with Gasteiger partial charge in [0.05, 0.1) is 4.90 Å². The number of hydrogen-bond acceptors (Lipinski definition) is 3. The summed E-state index contributed by atoms with van der Waals surface area (Å²) in [4.78, 5) is 2.47. The van der Waals surface area contributed by atoms with Gasteiger partial charge in [0.25, 0.3) is 0 Å². The van der Waals surface area contributed by atoms with Gasteiger partial charge in [0.15, 0.2) is 0 Å². The average Bonchev–Trinajstić information content (AvgIpc) is 2.87. The van der Waals surface area contributed by atoms with Gasteiger partial charge in [-0.2, -0.15) is 4.31 Å². The van der Waals surface area contributed by atoms with Crippen LogP contribution < -0.4 is 0 Å². The number of piperazine rings is 1. The Balaban J connectivity index is 1.95. The zero-order valence-corrected chi connectivity index (χ0v) is 13.2. The van der Waals surface area contributed by atoms with Gasteiger partial charge in [-0.15, -0.1) is 0 Å². The van der Waals surface area contributed by atoms with Crippen molar-refractivity contribution in [1.82, 2.24) is 9.21 Å². The fourth-order valence-electron chi connectivity index (χ4n) is 3.47. The molecule has 0 radical (unpaired) electrons. The molecule has 1 aromatic carbocycles. The van der Waals surface area contributed by atoms with E-state index in [9.17, 15) is 12.8 Å². The van der Waals surface area contributed by atoms with Crippen molar-refractivity contribution in [3.8, 4) is 0 Å². The summed E-state index contributed by atoms with van der Waals surface area (Å²) in [7, 11) is -3.64. The standard InChI is InChI=1S/C15H21FN2O2S/c1-11-5-6-13(16)8-15(11)21(19,20)18-10-14-4-3-7-17(14)9-12(18)2/h5-6,8,12,14H,3-4,7,9-10H2,1-2H3/t12-,14+/m1/s1. The molecule has 2 aliphatic heterocycles. The molecule has 0 saturated carbocycles. The molecule has 2 saturated heterocycles. The van der Waals surface area contributed by atoms with Crippen LogP contribution in [0.2, 0.25) is 0 Å². The number of fused-ring (bicyclic) bond motifs is 1. The fourth-order valence-corrected chi connectivity index (χ4v) is 5.37. The molecule has 2 atom stereocenters. The number of benzene rings is 1. The lowest BCUT2D eigenvalue weighted by molar-refractivity contribution is 0.117. The minimum Gasteiger partial charge on any atom is -0.297 e. The number of hydrogen-bond donors (Lipinski definition) is 0. The second kappa shape index (κ2) is 5.34. The summed E-state index contributed by atoms with van der Waals surface area (Å²) in [5, 5.41) is 0. The number of aryl methyl sites for hydroxylation is 1. The molecule has 2 heterocycles. The van der Waals surface area contributed by atoms with Crippen LogP contribution in [0.25, 0.3) is 0 Å². The van der Waals surface area contributed by atoms with Crippen LogP contribution in [0.4, 0.5) is 4.39 Å². The van der Waals surface area contributed by atoms with Crippen LogP contribution in [0, 0.1) is 12.7 Å². The number of sulfonamides is 1. The van der Waals surface area contributed by atoms with Crippen LogP contribution in [0.15, 0.2) is 23.1 Å². The van der Waals surface area contributed by atoms with Gasteiger partial charge in [-0.05, 0) is 50.9 Å². The lowest BCUT2D eigenvalue weighted by atomic mass is 10.1. The van der Waals surface area contributed by atoms with Gasteiger partial charge in [-0.3, -0.25) is 4.90 Å². The predicted octanol–water partition coefficient (Wildman–Crippen LogP) is 1.99. The summed E-state index contributed by atoms with van der Waals surface area (Å²) in [5.74, 6) is -0.508. The highest BCUT2D eigenvalue weighted by Gasteiger charge is 2.40. The Kier molecular flexibility index (Phi) is 3.80. The molecule has 0 spiro atoms. The van der Waals surface area contributed by atoms with Crippen LogP contribution in [0.1, 0.15) is 25.3 Å². The SMILES string of the molecule is Cc1ccc(F)cc1S(=O)(=O)N1C[C@@H]2CCCN2C[C@H]1C. The molecule has 0 unspecified atom stereocenters. The topological polar surface area (TPSA) is 40.6 Å². The van der Waals surface area contributed by atoms with Gasteiger partial charge in [0, 0.05) is 25.2 Å². The van der Waals surface area contributed by atoms with Gasteiger partial charge in [-0.1, -0.05) is 6.07 Å². The van der Waals surface area contributed by atoms with Gasteiger partial charge in [0.2, 0.25) is 10.0 Å². The van der Waals surface area contributed by atoms with E-state index in [2.05, 4.69) is 4.90 Å². The lowest BCUT2D eigenvalue weighted by Gasteiger charge is -2.41. The Morgan fingerprint density at radius 1 is 1.29 bits per heavy atom. The zero-order chi connectivity index (χ0) is 15.2. The monoisotopic (exact) mass is 312 g/mol. The summed E-state index contributed by atoms with van der Waals surface area (Å²) in [6, 6.07) is 4.20. The maximum atomic E-state index is 13.5. The van der Waals surface area contributed by atoms with Crippen molar-refractivity contribution in [2.24, 2.45) is 0 Å². The molecular weight excluding hydrogens is 291 g/mol. The summed E-state index contributed by atoms with van der Waals surface area (Å²) in [6.07, 6.45) is 2.17. The van der Waals surface area contributed by atoms with E-state index in [0.29, 0.717) is 18.2 Å². The third kappa shape index (κ3) is 2.60. The molecule has 4 nitrogen and oxygen atoms in total. The maximum absolute atomic E-state index is 13.5. The van der Waals surface area contributed by atoms with Crippen molar-refractivity contribution in [2.45, 2.75) is 43.7 Å². The molecule has 0 amide bonds. The molecule has 116 valence electrons. The smallest absolute Gasteiger partial charge is 0.243 e. The quantitative estimate of drug-likeness (QED) is 0.838. The molecule has 3 rings (SSSR count). The van der Waals surface area contributed by atoms with E-state index in [1.165, 1.54) is 12.1 Å². The Bertz CT molecular complexity index is 647. The first-order valence-corrected chi connectivity index (χ1v) is 8.85. The summed E-state index contributed by atoms with van der Waals surface area (Å²) < 4.78 is 40.8. The molecule has 1 aromatic rings. The fraction of sp³-hybridized carbons (Fsp3) is 0.600. The number of halogens is 1. The highest BCUT2D eigenvalue weighted by atomic mass is 32.2. The Morgan fingerprint density at radius 3 is 2.81 bits per heavy atom. The molecule has 0 aliphatic carbocycles. The molecular formula is C15H21FN2O2S. The first kappa shape index (κ1) is 14.9. The van der Waals surface area contributed by atoms with Crippen molar-refractivity contribution in [1.29, 1.82) is 0 Å². The van der Waals surface area contributed by atoms with E-state index in [1.807, 2.05) is 6.92 Å². The van der Waals surface area contributed by atoms with E-state index in [0.717, 1.165) is 32.0 Å². The predicted molar refractivity (Wildman–Crippen MR) is 79.1 cm³/mol. The molecule has 0 N–H and O–H groups in total. The van der Waals surface area contributed by atoms with Crippen LogP contribution in [-0.4, -0.2) is 49.3 Å². The first-order chi connectivity index (χ1) is 9.89. The molecule has 21 heavy (non-hydrogen) atoms. The molecule has 2 fully saturated rings. The number of nitrogens with zero attached hydrogens (tertiary/aromatic N) is 2. The Morgan fingerprint density at radius 2 is 2.05 bits per heavy atom. The van der Waals surface area contributed by atoms with Gasteiger partial charge in [0.1, 0.15) is 5.82 Å². The lowest BCUT2D eigenvalue weighted by Crippen LogP contribution is -2.56. The highest BCUT2D eigenvalue weighted by Crippen LogP contribution is 2.30. The van der Waals surface area contributed by atoms with Crippen molar-refractivity contribution in [3.05, 3.63) is 29.6 Å². The molecule has 2 aliphatic rings. The van der Waals surface area contributed by atoms with Crippen LogP contribution in [0.3, 0.4) is 0 Å². The van der Waals surface area contributed by atoms with Crippen LogP contribution >= 0.6 is 0 Å². The molecule has 6 heteroatoms. The third-order valence-corrected chi connectivity index (χ3v) is 6.74. The Hall–Kier alpha value is -0.980.